The van der Waals surface area contributed by atoms with Gasteiger partial charge in [0.2, 0.25) is 0 Å². The van der Waals surface area contributed by atoms with Crippen LogP contribution in [0.3, 0.4) is 0 Å². The zero-order chi connectivity index (χ0) is 14.3. The molecule has 0 spiro atoms. The normalized spacial score (nSPS) is 14.8. The van der Waals surface area contributed by atoms with E-state index in [4.69, 9.17) is 9.97 Å². The first-order valence-electron chi connectivity index (χ1n) is 7.53. The molecule has 1 aliphatic carbocycles. The van der Waals surface area contributed by atoms with Crippen LogP contribution >= 0.6 is 11.3 Å². The van der Waals surface area contributed by atoms with E-state index < -0.39 is 0 Å². The van der Waals surface area contributed by atoms with E-state index in [0.717, 1.165) is 24.6 Å². The number of aryl methyl sites for hydroxylation is 2. The molecule has 1 N–H and O–H groups in total. The molecule has 2 heterocycles. The van der Waals surface area contributed by atoms with Gasteiger partial charge in [-0.15, -0.1) is 11.3 Å². The summed E-state index contributed by atoms with van der Waals surface area (Å²) in [7, 11) is 0. The number of hydrogen-bond acceptors (Lipinski definition) is 4. The number of rotatable bonds is 3. The second-order valence-electron chi connectivity index (χ2n) is 6.79. The van der Waals surface area contributed by atoms with Crippen molar-refractivity contribution < 1.29 is 0 Å². The third kappa shape index (κ3) is 2.53. The van der Waals surface area contributed by atoms with E-state index in [2.05, 4.69) is 33.0 Å². The van der Waals surface area contributed by atoms with E-state index in [1.54, 1.807) is 0 Å². The third-order valence-electron chi connectivity index (χ3n) is 3.64. The summed E-state index contributed by atoms with van der Waals surface area (Å²) in [6.07, 6.45) is 4.61. The van der Waals surface area contributed by atoms with Gasteiger partial charge < -0.3 is 5.32 Å². The number of thiophene rings is 1. The molecule has 0 unspecified atom stereocenters. The number of hydrogen-bond donors (Lipinski definition) is 1. The lowest BCUT2D eigenvalue weighted by atomic mass is 9.92. The zero-order valence-electron chi connectivity index (χ0n) is 12.8. The Kier molecular flexibility index (Phi) is 3.44. The lowest BCUT2D eigenvalue weighted by molar-refractivity contribution is 0.401. The van der Waals surface area contributed by atoms with Gasteiger partial charge in [0.1, 0.15) is 16.5 Å². The molecule has 108 valence electrons. The van der Waals surface area contributed by atoms with Crippen molar-refractivity contribution in [2.45, 2.75) is 53.4 Å². The number of fused-ring (bicyclic) bond motifs is 3. The van der Waals surface area contributed by atoms with Crippen molar-refractivity contribution in [1.82, 2.24) is 9.97 Å². The van der Waals surface area contributed by atoms with E-state index in [1.165, 1.54) is 39.9 Å². The van der Waals surface area contributed by atoms with Crippen LogP contribution in [0, 0.1) is 5.41 Å². The van der Waals surface area contributed by atoms with Gasteiger partial charge >= 0.3 is 0 Å². The molecule has 2 aromatic rings. The molecule has 3 nitrogen and oxygen atoms in total. The Labute approximate surface area is 124 Å². The fourth-order valence-corrected chi connectivity index (χ4v) is 4.17. The molecule has 20 heavy (non-hydrogen) atoms. The highest BCUT2D eigenvalue weighted by atomic mass is 32.1. The topological polar surface area (TPSA) is 37.8 Å². The van der Waals surface area contributed by atoms with Gasteiger partial charge in [-0.2, -0.15) is 0 Å². The van der Waals surface area contributed by atoms with E-state index in [-0.39, 0.29) is 5.41 Å². The van der Waals surface area contributed by atoms with Crippen LogP contribution < -0.4 is 5.32 Å². The molecule has 4 heteroatoms. The van der Waals surface area contributed by atoms with Crippen LogP contribution in [0.2, 0.25) is 0 Å². The van der Waals surface area contributed by atoms with Crippen LogP contribution in [0.15, 0.2) is 0 Å². The first-order chi connectivity index (χ1) is 9.48. The second kappa shape index (κ2) is 4.99. The molecule has 0 saturated carbocycles. The minimum absolute atomic E-state index is 0.219. The molecular weight excluding hydrogens is 266 g/mol. The predicted octanol–water partition coefficient (Wildman–Crippen LogP) is 4.20. The Morgan fingerprint density at radius 2 is 2.00 bits per heavy atom. The van der Waals surface area contributed by atoms with Gasteiger partial charge in [0.15, 0.2) is 0 Å². The predicted molar refractivity (Wildman–Crippen MR) is 86.8 cm³/mol. The Balaban J connectivity index is 2.12. The average molecular weight is 289 g/mol. The lowest BCUT2D eigenvalue weighted by Gasteiger charge is -2.17. The van der Waals surface area contributed by atoms with Gasteiger partial charge in [-0.3, -0.25) is 0 Å². The summed E-state index contributed by atoms with van der Waals surface area (Å²) in [5.41, 5.74) is 1.72. The van der Waals surface area contributed by atoms with Crippen molar-refractivity contribution in [3.8, 4) is 0 Å². The highest BCUT2D eigenvalue weighted by Crippen LogP contribution is 2.39. The number of nitrogens with one attached hydrogen (secondary N) is 1. The van der Waals surface area contributed by atoms with Gasteiger partial charge in [0, 0.05) is 17.8 Å². The van der Waals surface area contributed by atoms with E-state index >= 15 is 0 Å². The van der Waals surface area contributed by atoms with Crippen molar-refractivity contribution in [1.29, 1.82) is 0 Å². The minimum atomic E-state index is 0.219. The Morgan fingerprint density at radius 3 is 2.70 bits per heavy atom. The molecule has 0 atom stereocenters. The first-order valence-corrected chi connectivity index (χ1v) is 8.34. The van der Waals surface area contributed by atoms with Crippen LogP contribution in [-0.4, -0.2) is 16.5 Å². The van der Waals surface area contributed by atoms with Gasteiger partial charge in [0.25, 0.3) is 0 Å². The first kappa shape index (κ1) is 13.8. The number of aromatic nitrogens is 2. The fraction of sp³-hybridized carbons (Fsp3) is 0.625. The second-order valence-corrected chi connectivity index (χ2v) is 7.88. The molecule has 0 fully saturated rings. The van der Waals surface area contributed by atoms with Crippen LogP contribution in [0.4, 0.5) is 5.82 Å². The zero-order valence-corrected chi connectivity index (χ0v) is 13.7. The summed E-state index contributed by atoms with van der Waals surface area (Å²) in [5.74, 6) is 2.03. The SMILES string of the molecule is CCNc1nc(CC(C)(C)C)nc2sc3c(c12)CCC3. The molecule has 3 rings (SSSR count). The van der Waals surface area contributed by atoms with Crippen LogP contribution in [0.25, 0.3) is 10.2 Å². The maximum absolute atomic E-state index is 4.83. The summed E-state index contributed by atoms with van der Waals surface area (Å²) in [6, 6.07) is 0. The Hall–Kier alpha value is -1.16. The molecule has 0 aromatic carbocycles. The molecule has 0 aliphatic heterocycles. The minimum Gasteiger partial charge on any atom is -0.370 e. The van der Waals surface area contributed by atoms with Crippen molar-refractivity contribution in [3.05, 3.63) is 16.3 Å². The quantitative estimate of drug-likeness (QED) is 0.920. The highest BCUT2D eigenvalue weighted by Gasteiger charge is 2.23. The molecule has 0 bridgehead atoms. The third-order valence-corrected chi connectivity index (χ3v) is 4.83. The van der Waals surface area contributed by atoms with Gasteiger partial charge in [-0.25, -0.2) is 9.97 Å². The molecule has 1 aliphatic rings. The van der Waals surface area contributed by atoms with Crippen LogP contribution in [0.1, 0.15) is 50.4 Å². The van der Waals surface area contributed by atoms with E-state index in [9.17, 15) is 0 Å². The lowest BCUT2D eigenvalue weighted by Crippen LogP contribution is -2.13. The average Bonchev–Trinajstić information content (AvgIpc) is 2.86. The molecule has 0 saturated heterocycles. The van der Waals surface area contributed by atoms with Crippen LogP contribution in [0.5, 0.6) is 0 Å². The van der Waals surface area contributed by atoms with Gasteiger partial charge in [-0.05, 0) is 37.2 Å². The van der Waals surface area contributed by atoms with Crippen molar-refractivity contribution in [3.63, 3.8) is 0 Å². The maximum Gasteiger partial charge on any atom is 0.138 e. The molecule has 0 radical (unpaired) electrons. The van der Waals surface area contributed by atoms with Crippen molar-refractivity contribution in [2.75, 3.05) is 11.9 Å². The molecule has 0 amide bonds. The van der Waals surface area contributed by atoms with E-state index in [1.807, 2.05) is 11.3 Å². The van der Waals surface area contributed by atoms with Crippen molar-refractivity contribution in [2.24, 2.45) is 5.41 Å². The summed E-state index contributed by atoms with van der Waals surface area (Å²) >= 11 is 1.88. The summed E-state index contributed by atoms with van der Waals surface area (Å²) < 4.78 is 0. The largest absolute Gasteiger partial charge is 0.370 e. The molecular formula is C16H23N3S. The molecule has 2 aromatic heterocycles. The number of anilines is 1. The fourth-order valence-electron chi connectivity index (χ4n) is 2.89. The summed E-state index contributed by atoms with van der Waals surface area (Å²) in [5, 5.41) is 4.74. The van der Waals surface area contributed by atoms with E-state index in [0.29, 0.717) is 0 Å². The summed E-state index contributed by atoms with van der Waals surface area (Å²) in [6.45, 7) is 9.75. The van der Waals surface area contributed by atoms with Crippen molar-refractivity contribution >= 4 is 27.4 Å². The summed E-state index contributed by atoms with van der Waals surface area (Å²) in [4.78, 5) is 12.4. The highest BCUT2D eigenvalue weighted by molar-refractivity contribution is 7.19. The monoisotopic (exact) mass is 289 g/mol. The maximum atomic E-state index is 4.83. The Morgan fingerprint density at radius 1 is 1.20 bits per heavy atom. The van der Waals surface area contributed by atoms with Gasteiger partial charge in [-0.1, -0.05) is 20.8 Å². The smallest absolute Gasteiger partial charge is 0.138 e. The van der Waals surface area contributed by atoms with Gasteiger partial charge in [0.05, 0.1) is 5.39 Å². The Bertz CT molecular complexity index is 637. The number of nitrogens with zero attached hydrogens (tertiary/aromatic N) is 2. The standard InChI is InChI=1S/C16H23N3S/c1-5-17-14-13-10-7-6-8-11(10)20-15(13)19-12(18-14)9-16(2,3)4/h5-9H2,1-4H3,(H,17,18,19). The van der Waals surface area contributed by atoms with Crippen LogP contribution in [-0.2, 0) is 19.3 Å².